The molecule has 0 aromatic heterocycles. The molecule has 0 aromatic rings. The molecule has 0 spiro atoms. The van der Waals surface area contributed by atoms with Crippen LogP contribution >= 0.6 is 0 Å². The standard InChI is InChI=1S/C8H13N/c1-2-8-6-4-3-5-7(8)9-8/h2,7,9H,1,3-6H2. The first-order valence-corrected chi connectivity index (χ1v) is 3.79. The molecule has 2 atom stereocenters. The Balaban J connectivity index is 2.09. The zero-order valence-electron chi connectivity index (χ0n) is 5.69. The van der Waals surface area contributed by atoms with Gasteiger partial charge in [0.1, 0.15) is 0 Å². The second-order valence-corrected chi connectivity index (χ2v) is 3.19. The first-order chi connectivity index (χ1) is 4.37. The molecule has 0 aromatic carbocycles. The lowest BCUT2D eigenvalue weighted by molar-refractivity contribution is 0.513. The fourth-order valence-corrected chi connectivity index (χ4v) is 1.93. The van der Waals surface area contributed by atoms with Crippen molar-refractivity contribution >= 4 is 0 Å². The minimum absolute atomic E-state index is 0.401. The van der Waals surface area contributed by atoms with E-state index in [9.17, 15) is 0 Å². The van der Waals surface area contributed by atoms with Gasteiger partial charge in [0, 0.05) is 6.04 Å². The van der Waals surface area contributed by atoms with E-state index in [-0.39, 0.29) is 0 Å². The van der Waals surface area contributed by atoms with Crippen molar-refractivity contribution in [2.75, 3.05) is 0 Å². The van der Waals surface area contributed by atoms with Gasteiger partial charge in [0.15, 0.2) is 0 Å². The van der Waals surface area contributed by atoms with Crippen LogP contribution in [0.4, 0.5) is 0 Å². The van der Waals surface area contributed by atoms with Gasteiger partial charge in [-0.1, -0.05) is 18.9 Å². The monoisotopic (exact) mass is 123 g/mol. The Morgan fingerprint density at radius 3 is 3.00 bits per heavy atom. The van der Waals surface area contributed by atoms with Crippen molar-refractivity contribution < 1.29 is 0 Å². The molecule has 1 aliphatic carbocycles. The minimum atomic E-state index is 0.401. The van der Waals surface area contributed by atoms with Crippen molar-refractivity contribution in [3.63, 3.8) is 0 Å². The molecule has 2 fully saturated rings. The fourth-order valence-electron chi connectivity index (χ4n) is 1.93. The number of rotatable bonds is 1. The minimum Gasteiger partial charge on any atom is -0.302 e. The molecule has 2 rings (SSSR count). The maximum atomic E-state index is 3.84. The van der Waals surface area contributed by atoms with Gasteiger partial charge in [0.2, 0.25) is 0 Å². The molecule has 1 nitrogen and oxygen atoms in total. The molecule has 1 N–H and O–H groups in total. The number of hydrogen-bond acceptors (Lipinski definition) is 1. The summed E-state index contributed by atoms with van der Waals surface area (Å²) in [5, 5.41) is 3.48. The predicted molar refractivity (Wildman–Crippen MR) is 38.3 cm³/mol. The van der Waals surface area contributed by atoms with Crippen molar-refractivity contribution in [3.8, 4) is 0 Å². The molecule has 0 bridgehead atoms. The van der Waals surface area contributed by atoms with Crippen LogP contribution < -0.4 is 5.32 Å². The van der Waals surface area contributed by atoms with Crippen LogP contribution in [0, 0.1) is 0 Å². The van der Waals surface area contributed by atoms with Crippen LogP contribution in [0.25, 0.3) is 0 Å². The molecule has 2 unspecified atom stereocenters. The van der Waals surface area contributed by atoms with Gasteiger partial charge in [-0.3, -0.25) is 0 Å². The van der Waals surface area contributed by atoms with E-state index in [0.29, 0.717) is 5.54 Å². The predicted octanol–water partition coefficient (Wildman–Crippen LogP) is 1.46. The van der Waals surface area contributed by atoms with Gasteiger partial charge in [-0.2, -0.15) is 0 Å². The van der Waals surface area contributed by atoms with E-state index >= 15 is 0 Å². The first kappa shape index (κ1) is 5.48. The highest BCUT2D eigenvalue weighted by Gasteiger charge is 2.51. The highest BCUT2D eigenvalue weighted by atomic mass is 15.2. The normalized spacial score (nSPS) is 47.8. The van der Waals surface area contributed by atoms with Crippen molar-refractivity contribution in [2.45, 2.75) is 37.3 Å². The van der Waals surface area contributed by atoms with Gasteiger partial charge in [0.05, 0.1) is 5.54 Å². The van der Waals surface area contributed by atoms with Gasteiger partial charge in [0.25, 0.3) is 0 Å². The van der Waals surface area contributed by atoms with E-state index in [0.717, 1.165) is 6.04 Å². The summed E-state index contributed by atoms with van der Waals surface area (Å²) in [5.74, 6) is 0. The molecule has 9 heavy (non-hydrogen) atoms. The highest BCUT2D eigenvalue weighted by molar-refractivity contribution is 5.24. The van der Waals surface area contributed by atoms with E-state index < -0.39 is 0 Å². The van der Waals surface area contributed by atoms with Crippen LogP contribution in [0.1, 0.15) is 25.7 Å². The van der Waals surface area contributed by atoms with Crippen LogP contribution in [-0.4, -0.2) is 11.6 Å². The van der Waals surface area contributed by atoms with E-state index in [1.54, 1.807) is 0 Å². The Labute approximate surface area is 56.1 Å². The van der Waals surface area contributed by atoms with Gasteiger partial charge in [-0.25, -0.2) is 0 Å². The summed E-state index contributed by atoms with van der Waals surface area (Å²) in [6.45, 7) is 3.84. The molecule has 50 valence electrons. The lowest BCUT2D eigenvalue weighted by Gasteiger charge is -2.13. The zero-order chi connectivity index (χ0) is 6.32. The van der Waals surface area contributed by atoms with E-state index in [1.807, 2.05) is 0 Å². The maximum Gasteiger partial charge on any atom is 0.0520 e. The van der Waals surface area contributed by atoms with Gasteiger partial charge in [-0.05, 0) is 12.8 Å². The number of fused-ring (bicyclic) bond motifs is 1. The largest absolute Gasteiger partial charge is 0.302 e. The van der Waals surface area contributed by atoms with E-state index in [4.69, 9.17) is 0 Å². The average Bonchev–Trinajstić information content (AvgIpc) is 2.62. The number of hydrogen-bond donors (Lipinski definition) is 1. The fraction of sp³-hybridized carbons (Fsp3) is 0.750. The third-order valence-corrected chi connectivity index (χ3v) is 2.68. The van der Waals surface area contributed by atoms with Crippen LogP contribution in [-0.2, 0) is 0 Å². The van der Waals surface area contributed by atoms with Crippen LogP contribution in [0.15, 0.2) is 12.7 Å². The summed E-state index contributed by atoms with van der Waals surface area (Å²) >= 11 is 0. The second kappa shape index (κ2) is 1.60. The summed E-state index contributed by atoms with van der Waals surface area (Å²) in [7, 11) is 0. The molecule has 1 heteroatoms. The quantitative estimate of drug-likeness (QED) is 0.414. The molecule has 1 saturated carbocycles. The van der Waals surface area contributed by atoms with E-state index in [1.165, 1.54) is 25.7 Å². The third kappa shape index (κ3) is 0.645. The highest BCUT2D eigenvalue weighted by Crippen LogP contribution is 2.40. The topological polar surface area (TPSA) is 21.9 Å². The van der Waals surface area contributed by atoms with Crippen LogP contribution in [0.5, 0.6) is 0 Å². The third-order valence-electron chi connectivity index (χ3n) is 2.68. The van der Waals surface area contributed by atoms with E-state index in [2.05, 4.69) is 18.0 Å². The smallest absolute Gasteiger partial charge is 0.0520 e. The second-order valence-electron chi connectivity index (χ2n) is 3.19. The maximum absolute atomic E-state index is 3.84. The molecular formula is C8H13N. The van der Waals surface area contributed by atoms with Crippen molar-refractivity contribution in [2.24, 2.45) is 0 Å². The molecular weight excluding hydrogens is 110 g/mol. The van der Waals surface area contributed by atoms with Gasteiger partial charge < -0.3 is 5.32 Å². The zero-order valence-corrected chi connectivity index (χ0v) is 5.69. The Kier molecular flexibility index (Phi) is 0.974. The Bertz CT molecular complexity index is 142. The summed E-state index contributed by atoms with van der Waals surface area (Å²) in [5.41, 5.74) is 0.401. The molecule has 1 saturated heterocycles. The Hall–Kier alpha value is -0.300. The van der Waals surface area contributed by atoms with Crippen molar-refractivity contribution in [1.82, 2.24) is 5.32 Å². The van der Waals surface area contributed by atoms with Crippen LogP contribution in [0.3, 0.4) is 0 Å². The number of nitrogens with one attached hydrogen (secondary N) is 1. The molecule has 0 amide bonds. The van der Waals surface area contributed by atoms with Gasteiger partial charge in [-0.15, -0.1) is 6.58 Å². The molecule has 2 aliphatic rings. The molecule has 1 aliphatic heterocycles. The van der Waals surface area contributed by atoms with Crippen molar-refractivity contribution in [1.29, 1.82) is 0 Å². The lowest BCUT2D eigenvalue weighted by atomic mass is 9.89. The summed E-state index contributed by atoms with van der Waals surface area (Å²) < 4.78 is 0. The molecule has 1 heterocycles. The van der Waals surface area contributed by atoms with Gasteiger partial charge >= 0.3 is 0 Å². The summed E-state index contributed by atoms with van der Waals surface area (Å²) in [6, 6.07) is 0.795. The SMILES string of the molecule is C=CC12CCCCC1N2. The molecule has 0 radical (unpaired) electrons. The van der Waals surface area contributed by atoms with Crippen molar-refractivity contribution in [3.05, 3.63) is 12.7 Å². The summed E-state index contributed by atoms with van der Waals surface area (Å²) in [4.78, 5) is 0. The first-order valence-electron chi connectivity index (χ1n) is 3.79. The summed E-state index contributed by atoms with van der Waals surface area (Å²) in [6.07, 6.45) is 7.58. The Morgan fingerprint density at radius 2 is 2.44 bits per heavy atom. The van der Waals surface area contributed by atoms with Crippen LogP contribution in [0.2, 0.25) is 0 Å². The average molecular weight is 123 g/mol. The lowest BCUT2D eigenvalue weighted by Crippen LogP contribution is -2.16. The Morgan fingerprint density at radius 1 is 1.56 bits per heavy atom.